The van der Waals surface area contributed by atoms with Gasteiger partial charge in [0.1, 0.15) is 5.38 Å². The monoisotopic (exact) mass is 225 g/mol. The molecular weight excluding hydrogens is 210 g/mol. The van der Waals surface area contributed by atoms with Gasteiger partial charge < -0.3 is 5.32 Å². The highest BCUT2D eigenvalue weighted by Gasteiger charge is 2.19. The lowest BCUT2D eigenvalue weighted by atomic mass is 10.1. The number of amides is 1. The van der Waals surface area contributed by atoms with Gasteiger partial charge in [-0.1, -0.05) is 24.3 Å². The van der Waals surface area contributed by atoms with Crippen molar-refractivity contribution in [1.29, 1.82) is 0 Å². The highest BCUT2D eigenvalue weighted by Crippen LogP contribution is 2.23. The van der Waals surface area contributed by atoms with Crippen LogP contribution in [0.4, 0.5) is 0 Å². The summed E-state index contributed by atoms with van der Waals surface area (Å²) in [6, 6.07) is 7.77. The van der Waals surface area contributed by atoms with E-state index in [4.69, 9.17) is 11.6 Å². The van der Waals surface area contributed by atoms with Crippen LogP contribution in [0, 0.1) is 6.92 Å². The van der Waals surface area contributed by atoms with Crippen molar-refractivity contribution in [2.45, 2.75) is 32.2 Å². The fourth-order valence-electron chi connectivity index (χ4n) is 1.37. The van der Waals surface area contributed by atoms with Crippen LogP contribution in [0.1, 0.15) is 30.4 Å². The molecule has 0 radical (unpaired) electrons. The van der Waals surface area contributed by atoms with E-state index in [-0.39, 0.29) is 11.9 Å². The summed E-state index contributed by atoms with van der Waals surface area (Å²) in [6.45, 7) is 5.78. The first-order chi connectivity index (χ1) is 7.02. The summed E-state index contributed by atoms with van der Waals surface area (Å²) < 4.78 is 0. The second kappa shape index (κ2) is 5.17. The van der Waals surface area contributed by atoms with Crippen molar-refractivity contribution in [1.82, 2.24) is 5.32 Å². The fourth-order valence-corrected chi connectivity index (χ4v) is 1.68. The zero-order valence-electron chi connectivity index (χ0n) is 9.25. The van der Waals surface area contributed by atoms with Crippen LogP contribution in [0.5, 0.6) is 0 Å². The van der Waals surface area contributed by atoms with Gasteiger partial charge in [0.15, 0.2) is 0 Å². The normalized spacial score (nSPS) is 12.6. The van der Waals surface area contributed by atoms with Gasteiger partial charge in [-0.05, 0) is 31.9 Å². The third kappa shape index (κ3) is 3.24. The number of carbonyl (C=O) groups is 1. The molecule has 1 atom stereocenters. The summed E-state index contributed by atoms with van der Waals surface area (Å²) in [6.07, 6.45) is 0. The molecule has 0 heterocycles. The summed E-state index contributed by atoms with van der Waals surface area (Å²) in [5.74, 6) is -0.138. The maximum absolute atomic E-state index is 11.7. The van der Waals surface area contributed by atoms with E-state index in [2.05, 4.69) is 5.32 Å². The number of benzene rings is 1. The molecular formula is C12H16ClNO. The van der Waals surface area contributed by atoms with E-state index in [9.17, 15) is 4.79 Å². The topological polar surface area (TPSA) is 29.1 Å². The average Bonchev–Trinajstić information content (AvgIpc) is 2.16. The Bertz CT molecular complexity index is 349. The molecule has 1 unspecified atom stereocenters. The Hall–Kier alpha value is -1.02. The number of hydrogen-bond donors (Lipinski definition) is 1. The predicted octanol–water partition coefficient (Wildman–Crippen LogP) is 2.80. The molecule has 0 aliphatic rings. The van der Waals surface area contributed by atoms with Gasteiger partial charge in [0.05, 0.1) is 0 Å². The molecule has 0 aromatic heterocycles. The van der Waals surface area contributed by atoms with Crippen molar-refractivity contribution in [2.24, 2.45) is 0 Å². The second-order valence-electron chi connectivity index (χ2n) is 3.88. The van der Waals surface area contributed by atoms with Crippen molar-refractivity contribution in [3.05, 3.63) is 35.4 Å². The van der Waals surface area contributed by atoms with Gasteiger partial charge in [-0.2, -0.15) is 0 Å². The van der Waals surface area contributed by atoms with Crippen LogP contribution in [0.3, 0.4) is 0 Å². The minimum Gasteiger partial charge on any atom is -0.352 e. The Balaban J connectivity index is 2.81. The van der Waals surface area contributed by atoms with Crippen LogP contribution in [0.15, 0.2) is 24.3 Å². The third-order valence-electron chi connectivity index (χ3n) is 2.12. The lowest BCUT2D eigenvalue weighted by molar-refractivity contribution is -0.121. The first-order valence-electron chi connectivity index (χ1n) is 5.02. The summed E-state index contributed by atoms with van der Waals surface area (Å²) in [5, 5.41) is 2.19. The second-order valence-corrected chi connectivity index (χ2v) is 4.32. The first-order valence-corrected chi connectivity index (χ1v) is 5.46. The first kappa shape index (κ1) is 12.1. The molecule has 1 rings (SSSR count). The molecule has 1 N–H and O–H groups in total. The quantitative estimate of drug-likeness (QED) is 0.788. The number of aryl methyl sites for hydroxylation is 1. The minimum atomic E-state index is -0.603. The third-order valence-corrected chi connectivity index (χ3v) is 2.56. The van der Waals surface area contributed by atoms with Gasteiger partial charge in [-0.15, -0.1) is 11.6 Å². The molecule has 1 amide bonds. The fraction of sp³-hybridized carbons (Fsp3) is 0.417. The Morgan fingerprint density at radius 3 is 2.47 bits per heavy atom. The van der Waals surface area contributed by atoms with Crippen molar-refractivity contribution < 1.29 is 4.79 Å². The Kier molecular flexibility index (Phi) is 4.15. The number of carbonyl (C=O) groups excluding carboxylic acids is 1. The zero-order chi connectivity index (χ0) is 11.4. The summed E-state index contributed by atoms with van der Waals surface area (Å²) in [4.78, 5) is 11.7. The van der Waals surface area contributed by atoms with Gasteiger partial charge >= 0.3 is 0 Å². The molecule has 0 saturated carbocycles. The molecule has 1 aromatic carbocycles. The standard InChI is InChI=1S/C12H16ClNO/c1-8(2)14-12(15)11(13)10-7-5-4-6-9(10)3/h4-8,11H,1-3H3,(H,14,15). The summed E-state index contributed by atoms with van der Waals surface area (Å²) in [5.41, 5.74) is 1.91. The lowest BCUT2D eigenvalue weighted by Crippen LogP contribution is -2.33. The van der Waals surface area contributed by atoms with Gasteiger partial charge in [0.25, 0.3) is 0 Å². The van der Waals surface area contributed by atoms with Crippen molar-refractivity contribution in [3.63, 3.8) is 0 Å². The van der Waals surface area contributed by atoms with Gasteiger partial charge in [0, 0.05) is 6.04 Å². The predicted molar refractivity (Wildman–Crippen MR) is 63.1 cm³/mol. The Labute approximate surface area is 95.6 Å². The van der Waals surface area contributed by atoms with Crippen LogP contribution in [-0.4, -0.2) is 11.9 Å². The van der Waals surface area contributed by atoms with E-state index < -0.39 is 5.38 Å². The van der Waals surface area contributed by atoms with E-state index in [1.54, 1.807) is 0 Å². The minimum absolute atomic E-state index is 0.114. The number of halogens is 1. The molecule has 3 heteroatoms. The van der Waals surface area contributed by atoms with Crippen molar-refractivity contribution in [3.8, 4) is 0 Å². The van der Waals surface area contributed by atoms with E-state index in [1.165, 1.54) is 0 Å². The summed E-state index contributed by atoms with van der Waals surface area (Å²) in [7, 11) is 0. The highest BCUT2D eigenvalue weighted by atomic mass is 35.5. The molecule has 0 bridgehead atoms. The van der Waals surface area contributed by atoms with Crippen LogP contribution in [-0.2, 0) is 4.79 Å². The molecule has 0 spiro atoms. The lowest BCUT2D eigenvalue weighted by Gasteiger charge is -2.14. The molecule has 1 aromatic rings. The zero-order valence-corrected chi connectivity index (χ0v) is 10.0. The van der Waals surface area contributed by atoms with E-state index >= 15 is 0 Å². The van der Waals surface area contributed by atoms with Gasteiger partial charge in [-0.3, -0.25) is 4.79 Å². The van der Waals surface area contributed by atoms with Gasteiger partial charge in [0.2, 0.25) is 5.91 Å². The SMILES string of the molecule is Cc1ccccc1C(Cl)C(=O)NC(C)C. The van der Waals surface area contributed by atoms with E-state index in [1.807, 2.05) is 45.0 Å². The van der Waals surface area contributed by atoms with Gasteiger partial charge in [-0.25, -0.2) is 0 Å². The molecule has 82 valence electrons. The number of nitrogens with one attached hydrogen (secondary N) is 1. The number of hydrogen-bond acceptors (Lipinski definition) is 1. The molecule has 0 saturated heterocycles. The maximum Gasteiger partial charge on any atom is 0.242 e. The molecule has 15 heavy (non-hydrogen) atoms. The maximum atomic E-state index is 11.7. The van der Waals surface area contributed by atoms with Crippen molar-refractivity contribution >= 4 is 17.5 Å². The number of alkyl halides is 1. The largest absolute Gasteiger partial charge is 0.352 e. The molecule has 0 aliphatic carbocycles. The Morgan fingerprint density at radius 2 is 1.93 bits per heavy atom. The smallest absolute Gasteiger partial charge is 0.242 e. The highest BCUT2D eigenvalue weighted by molar-refractivity contribution is 6.30. The molecule has 0 fully saturated rings. The Morgan fingerprint density at radius 1 is 1.33 bits per heavy atom. The number of rotatable bonds is 3. The molecule has 0 aliphatic heterocycles. The average molecular weight is 226 g/mol. The van der Waals surface area contributed by atoms with Crippen LogP contribution < -0.4 is 5.32 Å². The van der Waals surface area contributed by atoms with Crippen molar-refractivity contribution in [2.75, 3.05) is 0 Å². The van der Waals surface area contributed by atoms with E-state index in [0.29, 0.717) is 0 Å². The van der Waals surface area contributed by atoms with Crippen LogP contribution >= 0.6 is 11.6 Å². The van der Waals surface area contributed by atoms with Crippen LogP contribution in [0.25, 0.3) is 0 Å². The van der Waals surface area contributed by atoms with E-state index in [0.717, 1.165) is 11.1 Å². The van der Waals surface area contributed by atoms with Crippen LogP contribution in [0.2, 0.25) is 0 Å². The molecule has 2 nitrogen and oxygen atoms in total. The summed E-state index contributed by atoms with van der Waals surface area (Å²) >= 11 is 6.09.